The van der Waals surface area contributed by atoms with E-state index in [1.54, 1.807) is 0 Å². The van der Waals surface area contributed by atoms with E-state index in [-0.39, 0.29) is 17.9 Å². The van der Waals surface area contributed by atoms with Crippen LogP contribution in [0.2, 0.25) is 0 Å². The van der Waals surface area contributed by atoms with Crippen LogP contribution in [0, 0.1) is 5.92 Å². The second kappa shape index (κ2) is 5.45. The summed E-state index contributed by atoms with van der Waals surface area (Å²) in [6.45, 7) is 3.78. The summed E-state index contributed by atoms with van der Waals surface area (Å²) in [5, 5.41) is 2.82. The molecule has 0 saturated heterocycles. The molecule has 1 saturated carbocycles. The van der Waals surface area contributed by atoms with Crippen molar-refractivity contribution in [3.05, 3.63) is 12.7 Å². The Bertz CT molecular complexity index is 364. The van der Waals surface area contributed by atoms with Crippen molar-refractivity contribution in [2.75, 3.05) is 12.8 Å². The normalized spacial score (nSPS) is 25.3. The fraction of sp³-hybridized carbons (Fsp3) is 0.700. The van der Waals surface area contributed by atoms with Crippen LogP contribution in [0.3, 0.4) is 0 Å². The van der Waals surface area contributed by atoms with Crippen molar-refractivity contribution in [2.45, 2.75) is 25.3 Å². The Hall–Kier alpha value is -0.880. The van der Waals surface area contributed by atoms with E-state index >= 15 is 0 Å². The number of hydrogen-bond acceptors (Lipinski definition) is 3. The van der Waals surface area contributed by atoms with E-state index < -0.39 is 10.0 Å². The van der Waals surface area contributed by atoms with E-state index in [4.69, 9.17) is 0 Å². The number of nitrogens with one attached hydrogen (secondary N) is 2. The molecule has 1 aliphatic carbocycles. The Kier molecular flexibility index (Phi) is 4.49. The second-order valence-electron chi connectivity index (χ2n) is 4.13. The minimum absolute atomic E-state index is 0.0553. The van der Waals surface area contributed by atoms with Gasteiger partial charge in [-0.05, 0) is 24.8 Å². The first-order chi connectivity index (χ1) is 7.42. The molecule has 1 aliphatic rings. The first-order valence-electron chi connectivity index (χ1n) is 5.30. The molecule has 0 aromatic heterocycles. The van der Waals surface area contributed by atoms with Crippen LogP contribution in [0.4, 0.5) is 0 Å². The quantitative estimate of drug-likeness (QED) is 0.671. The van der Waals surface area contributed by atoms with Crippen molar-refractivity contribution in [3.63, 3.8) is 0 Å². The predicted octanol–water partition coefficient (Wildman–Crippen LogP) is 0.00650. The molecule has 1 rings (SSSR count). The second-order valence-corrected chi connectivity index (χ2v) is 5.96. The Balaban J connectivity index is 2.46. The van der Waals surface area contributed by atoms with E-state index in [0.717, 1.165) is 25.5 Å². The molecular weight excluding hydrogens is 228 g/mol. The first kappa shape index (κ1) is 13.2. The van der Waals surface area contributed by atoms with Gasteiger partial charge in [-0.1, -0.05) is 13.0 Å². The third-order valence-corrected chi connectivity index (χ3v) is 3.47. The van der Waals surface area contributed by atoms with Crippen LogP contribution >= 0.6 is 0 Å². The van der Waals surface area contributed by atoms with Crippen molar-refractivity contribution >= 4 is 15.9 Å². The molecule has 0 aliphatic heterocycles. The molecule has 6 heteroatoms. The van der Waals surface area contributed by atoms with Crippen LogP contribution in [0.25, 0.3) is 0 Å². The monoisotopic (exact) mass is 246 g/mol. The Morgan fingerprint density at radius 2 is 2.19 bits per heavy atom. The molecule has 0 unspecified atom stereocenters. The summed E-state index contributed by atoms with van der Waals surface area (Å²) in [5.74, 6) is -0.0186. The molecule has 0 aromatic rings. The lowest BCUT2D eigenvalue weighted by Crippen LogP contribution is -2.41. The molecular formula is C10H18N2O3S. The fourth-order valence-electron chi connectivity index (χ4n) is 1.97. The van der Waals surface area contributed by atoms with Crippen molar-refractivity contribution < 1.29 is 13.2 Å². The lowest BCUT2D eigenvalue weighted by molar-refractivity contribution is -0.117. The molecule has 0 spiro atoms. The van der Waals surface area contributed by atoms with Crippen molar-refractivity contribution in [3.8, 4) is 0 Å². The van der Waals surface area contributed by atoms with Gasteiger partial charge in [0.25, 0.3) is 0 Å². The zero-order valence-electron chi connectivity index (χ0n) is 9.40. The lowest BCUT2D eigenvalue weighted by atomic mass is 10.0. The minimum atomic E-state index is -3.15. The molecule has 0 bridgehead atoms. The summed E-state index contributed by atoms with van der Waals surface area (Å²) in [5.41, 5.74) is 0. The average Bonchev–Trinajstić information content (AvgIpc) is 2.61. The van der Waals surface area contributed by atoms with Crippen LogP contribution in [0.5, 0.6) is 0 Å². The highest BCUT2D eigenvalue weighted by Gasteiger charge is 2.28. The average molecular weight is 246 g/mol. The van der Waals surface area contributed by atoms with E-state index in [9.17, 15) is 13.2 Å². The number of amides is 1. The number of carbonyl (C=O) groups excluding carboxylic acids is 1. The van der Waals surface area contributed by atoms with Gasteiger partial charge in [0.2, 0.25) is 15.9 Å². The van der Waals surface area contributed by atoms with Gasteiger partial charge in [0.1, 0.15) is 0 Å². The molecule has 2 atom stereocenters. The molecule has 5 nitrogen and oxygen atoms in total. The van der Waals surface area contributed by atoms with Gasteiger partial charge in [0.15, 0.2) is 0 Å². The zero-order chi connectivity index (χ0) is 12.2. The van der Waals surface area contributed by atoms with Gasteiger partial charge in [-0.2, -0.15) is 0 Å². The van der Waals surface area contributed by atoms with E-state index in [1.165, 1.54) is 6.08 Å². The van der Waals surface area contributed by atoms with Gasteiger partial charge in [-0.3, -0.25) is 4.79 Å². The predicted molar refractivity (Wildman–Crippen MR) is 62.3 cm³/mol. The summed E-state index contributed by atoms with van der Waals surface area (Å²) < 4.78 is 24.4. The first-order valence-corrected chi connectivity index (χ1v) is 7.19. The highest BCUT2D eigenvalue weighted by molar-refractivity contribution is 7.88. The Morgan fingerprint density at radius 1 is 1.50 bits per heavy atom. The maximum Gasteiger partial charge on any atom is 0.243 e. The van der Waals surface area contributed by atoms with E-state index in [2.05, 4.69) is 16.6 Å². The van der Waals surface area contributed by atoms with Gasteiger partial charge in [0.05, 0.1) is 6.26 Å². The van der Waals surface area contributed by atoms with Gasteiger partial charge in [-0.25, -0.2) is 13.1 Å². The van der Waals surface area contributed by atoms with Crippen molar-refractivity contribution in [2.24, 2.45) is 5.92 Å². The van der Waals surface area contributed by atoms with Gasteiger partial charge < -0.3 is 5.32 Å². The maximum absolute atomic E-state index is 11.1. The molecule has 16 heavy (non-hydrogen) atoms. The number of carbonyl (C=O) groups is 1. The van der Waals surface area contributed by atoms with Crippen LogP contribution in [-0.2, 0) is 14.8 Å². The molecule has 0 radical (unpaired) electrons. The molecule has 0 heterocycles. The van der Waals surface area contributed by atoms with Crippen LogP contribution in [0.15, 0.2) is 12.7 Å². The number of rotatable bonds is 5. The highest BCUT2D eigenvalue weighted by Crippen LogP contribution is 2.25. The van der Waals surface area contributed by atoms with Crippen molar-refractivity contribution in [1.29, 1.82) is 0 Å². The third kappa shape index (κ3) is 4.32. The lowest BCUT2D eigenvalue weighted by Gasteiger charge is -2.20. The summed E-state index contributed by atoms with van der Waals surface area (Å²) in [6.07, 6.45) is 5.22. The smallest absolute Gasteiger partial charge is 0.243 e. The van der Waals surface area contributed by atoms with Gasteiger partial charge in [-0.15, -0.1) is 0 Å². The molecule has 1 amide bonds. The summed E-state index contributed by atoms with van der Waals surface area (Å²) in [7, 11) is -3.15. The minimum Gasteiger partial charge on any atom is -0.350 e. The van der Waals surface area contributed by atoms with E-state index in [0.29, 0.717) is 6.54 Å². The third-order valence-electron chi connectivity index (χ3n) is 2.78. The fourth-order valence-corrected chi connectivity index (χ4v) is 2.49. The van der Waals surface area contributed by atoms with Gasteiger partial charge >= 0.3 is 0 Å². The van der Waals surface area contributed by atoms with Gasteiger partial charge in [0, 0.05) is 12.6 Å². The maximum atomic E-state index is 11.1. The van der Waals surface area contributed by atoms with Crippen molar-refractivity contribution in [1.82, 2.24) is 10.0 Å². The molecule has 1 fully saturated rings. The Labute approximate surface area is 96.4 Å². The Morgan fingerprint density at radius 3 is 2.75 bits per heavy atom. The highest BCUT2D eigenvalue weighted by atomic mass is 32.2. The molecule has 0 aromatic carbocycles. The van der Waals surface area contributed by atoms with Crippen LogP contribution in [0.1, 0.15) is 19.3 Å². The largest absolute Gasteiger partial charge is 0.350 e. The number of sulfonamides is 1. The molecule has 2 N–H and O–H groups in total. The number of hydrogen-bond donors (Lipinski definition) is 2. The SMILES string of the molecule is C=CC(=O)N[C@@H]1CCC[C@@H]1CNS(C)(=O)=O. The summed E-state index contributed by atoms with van der Waals surface area (Å²) in [6, 6.07) is 0.0553. The zero-order valence-corrected chi connectivity index (χ0v) is 10.2. The molecule has 92 valence electrons. The van der Waals surface area contributed by atoms with Crippen LogP contribution in [-0.4, -0.2) is 33.2 Å². The van der Waals surface area contributed by atoms with Crippen LogP contribution < -0.4 is 10.0 Å². The standard InChI is InChI=1S/C10H18N2O3S/c1-3-10(13)12-9-6-4-5-8(9)7-11-16(2,14)15/h3,8-9,11H,1,4-7H2,2H3,(H,12,13)/t8-,9-/m1/s1. The summed E-state index contributed by atoms with van der Waals surface area (Å²) >= 11 is 0. The summed E-state index contributed by atoms with van der Waals surface area (Å²) in [4.78, 5) is 11.1. The topological polar surface area (TPSA) is 75.3 Å². The van der Waals surface area contributed by atoms with E-state index in [1.807, 2.05) is 0 Å².